The molecule has 1 aromatic heterocycles. The summed E-state index contributed by atoms with van der Waals surface area (Å²) in [5, 5.41) is 7.92. The SMILES string of the molecule is O=C(CN1CCn2cnnc2C1)C1CCOC1. The van der Waals surface area contributed by atoms with Gasteiger partial charge in [0.1, 0.15) is 12.2 Å². The van der Waals surface area contributed by atoms with Crippen molar-refractivity contribution in [3.8, 4) is 0 Å². The van der Waals surface area contributed by atoms with E-state index in [0.29, 0.717) is 18.9 Å². The van der Waals surface area contributed by atoms with Crippen molar-refractivity contribution in [2.45, 2.75) is 19.5 Å². The summed E-state index contributed by atoms with van der Waals surface area (Å²) in [4.78, 5) is 14.1. The molecule has 1 atom stereocenters. The molecule has 1 aromatic rings. The monoisotopic (exact) mass is 236 g/mol. The van der Waals surface area contributed by atoms with Crippen molar-refractivity contribution in [1.29, 1.82) is 0 Å². The summed E-state index contributed by atoms with van der Waals surface area (Å²) >= 11 is 0. The fourth-order valence-electron chi connectivity index (χ4n) is 2.39. The lowest BCUT2D eigenvalue weighted by Crippen LogP contribution is -2.39. The van der Waals surface area contributed by atoms with Gasteiger partial charge in [-0.2, -0.15) is 0 Å². The number of carbonyl (C=O) groups is 1. The van der Waals surface area contributed by atoms with Gasteiger partial charge < -0.3 is 9.30 Å². The number of ketones is 1. The number of hydrogen-bond donors (Lipinski definition) is 0. The third kappa shape index (κ3) is 2.23. The molecule has 0 amide bonds. The molecule has 0 radical (unpaired) electrons. The first-order valence-corrected chi connectivity index (χ1v) is 6.02. The number of rotatable bonds is 3. The number of carbonyl (C=O) groups excluding carboxylic acids is 1. The van der Waals surface area contributed by atoms with Crippen molar-refractivity contribution < 1.29 is 9.53 Å². The predicted octanol–water partition coefficient (Wildman–Crippen LogP) is -0.301. The van der Waals surface area contributed by atoms with Crippen LogP contribution in [0.25, 0.3) is 0 Å². The summed E-state index contributed by atoms with van der Waals surface area (Å²) in [7, 11) is 0. The van der Waals surface area contributed by atoms with Crippen molar-refractivity contribution in [2.75, 3.05) is 26.3 Å². The summed E-state index contributed by atoms with van der Waals surface area (Å²) in [5.41, 5.74) is 0. The lowest BCUT2D eigenvalue weighted by atomic mass is 10.0. The number of aromatic nitrogens is 3. The van der Waals surface area contributed by atoms with Gasteiger partial charge in [-0.1, -0.05) is 0 Å². The van der Waals surface area contributed by atoms with Gasteiger partial charge in [-0.3, -0.25) is 9.69 Å². The van der Waals surface area contributed by atoms with Crippen LogP contribution in [0.2, 0.25) is 0 Å². The van der Waals surface area contributed by atoms with Crippen LogP contribution in [0.4, 0.5) is 0 Å². The van der Waals surface area contributed by atoms with Crippen LogP contribution in [-0.2, 0) is 22.6 Å². The second-order valence-electron chi connectivity index (χ2n) is 4.68. The van der Waals surface area contributed by atoms with E-state index in [4.69, 9.17) is 4.74 Å². The minimum Gasteiger partial charge on any atom is -0.381 e. The van der Waals surface area contributed by atoms with Gasteiger partial charge in [-0.05, 0) is 6.42 Å². The smallest absolute Gasteiger partial charge is 0.152 e. The minimum atomic E-state index is 0.106. The summed E-state index contributed by atoms with van der Waals surface area (Å²) in [6.07, 6.45) is 2.63. The molecular formula is C11H16N4O2. The molecule has 2 aliphatic heterocycles. The molecule has 0 aliphatic carbocycles. The molecule has 17 heavy (non-hydrogen) atoms. The number of ether oxygens (including phenoxy) is 1. The third-order valence-electron chi connectivity index (χ3n) is 3.48. The topological polar surface area (TPSA) is 60.2 Å². The highest BCUT2D eigenvalue weighted by atomic mass is 16.5. The second kappa shape index (κ2) is 4.54. The second-order valence-corrected chi connectivity index (χ2v) is 4.68. The maximum atomic E-state index is 12.0. The molecule has 1 saturated heterocycles. The minimum absolute atomic E-state index is 0.106. The Labute approximate surface area is 99.6 Å². The molecule has 3 rings (SSSR count). The number of nitrogens with zero attached hydrogens (tertiary/aromatic N) is 4. The zero-order valence-corrected chi connectivity index (χ0v) is 9.71. The average Bonchev–Trinajstić information content (AvgIpc) is 2.99. The van der Waals surface area contributed by atoms with E-state index in [1.807, 2.05) is 4.57 Å². The first kappa shape index (κ1) is 10.9. The molecule has 3 heterocycles. The lowest BCUT2D eigenvalue weighted by molar-refractivity contribution is -0.124. The molecule has 0 spiro atoms. The van der Waals surface area contributed by atoms with Crippen LogP contribution in [0.15, 0.2) is 6.33 Å². The van der Waals surface area contributed by atoms with E-state index in [0.717, 1.165) is 38.5 Å². The molecule has 0 saturated carbocycles. The van der Waals surface area contributed by atoms with E-state index in [1.165, 1.54) is 0 Å². The molecular weight excluding hydrogens is 220 g/mol. The Morgan fingerprint density at radius 1 is 1.53 bits per heavy atom. The van der Waals surface area contributed by atoms with Crippen LogP contribution >= 0.6 is 0 Å². The summed E-state index contributed by atoms with van der Waals surface area (Å²) in [6.45, 7) is 4.33. The summed E-state index contributed by atoms with van der Waals surface area (Å²) in [5.74, 6) is 1.36. The van der Waals surface area contributed by atoms with Gasteiger partial charge in [0.05, 0.1) is 19.7 Å². The van der Waals surface area contributed by atoms with Gasteiger partial charge in [-0.25, -0.2) is 0 Å². The molecule has 6 nitrogen and oxygen atoms in total. The van der Waals surface area contributed by atoms with Gasteiger partial charge in [-0.15, -0.1) is 10.2 Å². The first-order valence-electron chi connectivity index (χ1n) is 6.02. The van der Waals surface area contributed by atoms with E-state index in [9.17, 15) is 4.79 Å². The fraction of sp³-hybridized carbons (Fsp3) is 0.727. The van der Waals surface area contributed by atoms with Gasteiger partial charge in [0.25, 0.3) is 0 Å². The van der Waals surface area contributed by atoms with Crippen LogP contribution in [-0.4, -0.2) is 51.8 Å². The maximum absolute atomic E-state index is 12.0. The van der Waals surface area contributed by atoms with Gasteiger partial charge >= 0.3 is 0 Å². The third-order valence-corrected chi connectivity index (χ3v) is 3.48. The van der Waals surface area contributed by atoms with Crippen molar-refractivity contribution in [3.05, 3.63) is 12.2 Å². The normalized spacial score (nSPS) is 24.8. The first-order chi connectivity index (χ1) is 8.33. The molecule has 6 heteroatoms. The highest BCUT2D eigenvalue weighted by molar-refractivity contribution is 5.83. The Morgan fingerprint density at radius 2 is 2.47 bits per heavy atom. The van der Waals surface area contributed by atoms with Crippen molar-refractivity contribution in [2.24, 2.45) is 5.92 Å². The fourth-order valence-corrected chi connectivity index (χ4v) is 2.39. The van der Waals surface area contributed by atoms with Gasteiger partial charge in [0.15, 0.2) is 5.78 Å². The highest BCUT2D eigenvalue weighted by Crippen LogP contribution is 2.15. The molecule has 2 aliphatic rings. The van der Waals surface area contributed by atoms with E-state index in [2.05, 4.69) is 15.1 Å². The van der Waals surface area contributed by atoms with E-state index < -0.39 is 0 Å². The van der Waals surface area contributed by atoms with Crippen LogP contribution < -0.4 is 0 Å². The Morgan fingerprint density at radius 3 is 3.29 bits per heavy atom. The Hall–Kier alpha value is -1.27. The van der Waals surface area contributed by atoms with Crippen LogP contribution in [0.1, 0.15) is 12.2 Å². The zero-order valence-electron chi connectivity index (χ0n) is 9.71. The summed E-state index contributed by atoms with van der Waals surface area (Å²) in [6, 6.07) is 0. The standard InChI is InChI=1S/C11H16N4O2/c16-10(9-1-4-17-7-9)5-14-2-3-15-8-12-13-11(15)6-14/h8-9H,1-7H2. The highest BCUT2D eigenvalue weighted by Gasteiger charge is 2.26. The summed E-state index contributed by atoms with van der Waals surface area (Å²) < 4.78 is 7.29. The van der Waals surface area contributed by atoms with Crippen molar-refractivity contribution in [1.82, 2.24) is 19.7 Å². The quantitative estimate of drug-likeness (QED) is 0.721. The number of fused-ring (bicyclic) bond motifs is 1. The van der Waals surface area contributed by atoms with Crippen LogP contribution in [0.3, 0.4) is 0 Å². The molecule has 1 fully saturated rings. The van der Waals surface area contributed by atoms with Crippen molar-refractivity contribution in [3.63, 3.8) is 0 Å². The molecule has 0 aromatic carbocycles. The lowest BCUT2D eigenvalue weighted by Gasteiger charge is -2.26. The Balaban J connectivity index is 1.58. The molecule has 1 unspecified atom stereocenters. The molecule has 0 bridgehead atoms. The van der Waals surface area contributed by atoms with E-state index in [1.54, 1.807) is 6.33 Å². The van der Waals surface area contributed by atoms with Crippen LogP contribution in [0.5, 0.6) is 0 Å². The molecule has 0 N–H and O–H groups in total. The van der Waals surface area contributed by atoms with E-state index >= 15 is 0 Å². The largest absolute Gasteiger partial charge is 0.381 e. The van der Waals surface area contributed by atoms with Crippen LogP contribution in [0, 0.1) is 5.92 Å². The Bertz CT molecular complexity index is 411. The number of hydrogen-bond acceptors (Lipinski definition) is 5. The zero-order chi connectivity index (χ0) is 11.7. The maximum Gasteiger partial charge on any atom is 0.152 e. The van der Waals surface area contributed by atoms with E-state index in [-0.39, 0.29) is 5.92 Å². The molecule has 92 valence electrons. The van der Waals surface area contributed by atoms with Crippen molar-refractivity contribution >= 4 is 5.78 Å². The van der Waals surface area contributed by atoms with Gasteiger partial charge in [0, 0.05) is 25.6 Å². The predicted molar refractivity (Wildman–Crippen MR) is 59.2 cm³/mol. The number of Topliss-reactive ketones (excluding diaryl/α,β-unsaturated/α-hetero) is 1. The van der Waals surface area contributed by atoms with Gasteiger partial charge in [0.2, 0.25) is 0 Å². The Kier molecular flexibility index (Phi) is 2.90. The average molecular weight is 236 g/mol.